The van der Waals surface area contributed by atoms with Crippen LogP contribution in [0, 0.1) is 0 Å². The second-order valence-corrected chi connectivity index (χ2v) is 6.25. The van der Waals surface area contributed by atoms with Crippen LogP contribution in [0.5, 0.6) is 5.75 Å². The van der Waals surface area contributed by atoms with Gasteiger partial charge in [-0.2, -0.15) is 13.2 Å². The number of nitrogens with zero attached hydrogens (tertiary/aromatic N) is 1. The maximum Gasteiger partial charge on any atom is 0.390 e. The Bertz CT molecular complexity index is 722. The van der Waals surface area contributed by atoms with Gasteiger partial charge >= 0.3 is 6.18 Å². The average molecular weight is 425 g/mol. The van der Waals surface area contributed by atoms with Gasteiger partial charge in [0.15, 0.2) is 0 Å². The van der Waals surface area contributed by atoms with E-state index in [4.69, 9.17) is 4.74 Å². The van der Waals surface area contributed by atoms with E-state index in [1.165, 1.54) is 0 Å². The predicted octanol–water partition coefficient (Wildman–Crippen LogP) is 4.98. The van der Waals surface area contributed by atoms with E-state index in [0.29, 0.717) is 44.1 Å². The molecule has 0 radical (unpaired) electrons. The molecule has 0 spiro atoms. The molecule has 0 aromatic heterocycles. The van der Waals surface area contributed by atoms with E-state index in [9.17, 15) is 13.2 Å². The van der Waals surface area contributed by atoms with Gasteiger partial charge in [0.2, 0.25) is 0 Å². The zero-order chi connectivity index (χ0) is 17.9. The van der Waals surface area contributed by atoms with Crippen LogP contribution in [0.15, 0.2) is 36.4 Å². The SMILES string of the molecule is CCOc1ccc2ccccc2c1[C@@H](CC(F)(F)F)N1CCNCC1.Cl.Cl. The molecule has 1 aliphatic rings. The van der Waals surface area contributed by atoms with Crippen molar-refractivity contribution in [1.82, 2.24) is 10.2 Å². The lowest BCUT2D eigenvalue weighted by atomic mass is 9.93. The molecule has 2 aromatic rings. The fourth-order valence-electron chi connectivity index (χ4n) is 3.53. The highest BCUT2D eigenvalue weighted by molar-refractivity contribution is 5.88. The minimum Gasteiger partial charge on any atom is -0.494 e. The Labute approximate surface area is 170 Å². The Kier molecular flexibility index (Phi) is 9.15. The van der Waals surface area contributed by atoms with Crippen LogP contribution < -0.4 is 10.1 Å². The Hall–Kier alpha value is -1.21. The van der Waals surface area contributed by atoms with Crippen molar-refractivity contribution in [2.45, 2.75) is 25.6 Å². The first kappa shape index (κ1) is 23.8. The molecule has 27 heavy (non-hydrogen) atoms. The fraction of sp³-hybridized carbons (Fsp3) is 0.474. The van der Waals surface area contributed by atoms with E-state index >= 15 is 0 Å². The second-order valence-electron chi connectivity index (χ2n) is 6.25. The van der Waals surface area contributed by atoms with Gasteiger partial charge in [-0.15, -0.1) is 24.8 Å². The molecule has 152 valence electrons. The molecule has 1 saturated heterocycles. The number of ether oxygens (including phenoxy) is 1. The molecule has 3 nitrogen and oxygen atoms in total. The van der Waals surface area contributed by atoms with Crippen molar-refractivity contribution >= 4 is 35.6 Å². The molecule has 0 saturated carbocycles. The maximum atomic E-state index is 13.4. The van der Waals surface area contributed by atoms with Crippen LogP contribution in [0.2, 0.25) is 0 Å². The summed E-state index contributed by atoms with van der Waals surface area (Å²) in [7, 11) is 0. The highest BCUT2D eigenvalue weighted by Gasteiger charge is 2.38. The lowest BCUT2D eigenvalue weighted by Crippen LogP contribution is -2.46. The summed E-state index contributed by atoms with van der Waals surface area (Å²) in [6.45, 7) is 4.85. The molecule has 3 rings (SSSR count). The molecule has 0 bridgehead atoms. The largest absolute Gasteiger partial charge is 0.494 e. The minimum absolute atomic E-state index is 0. The third-order valence-corrected chi connectivity index (χ3v) is 4.58. The van der Waals surface area contributed by atoms with Crippen LogP contribution in [0.3, 0.4) is 0 Å². The van der Waals surface area contributed by atoms with Gasteiger partial charge in [-0.25, -0.2) is 0 Å². The summed E-state index contributed by atoms with van der Waals surface area (Å²) in [5, 5.41) is 4.97. The number of alkyl halides is 3. The Morgan fingerprint density at radius 2 is 1.74 bits per heavy atom. The van der Waals surface area contributed by atoms with Crippen LogP contribution >= 0.6 is 24.8 Å². The number of rotatable bonds is 5. The van der Waals surface area contributed by atoms with Gasteiger partial charge in [0.05, 0.1) is 13.0 Å². The first-order valence-corrected chi connectivity index (χ1v) is 8.65. The van der Waals surface area contributed by atoms with Crippen LogP contribution in [0.4, 0.5) is 13.2 Å². The van der Waals surface area contributed by atoms with Gasteiger partial charge in [-0.3, -0.25) is 4.90 Å². The van der Waals surface area contributed by atoms with E-state index < -0.39 is 18.6 Å². The molecule has 0 unspecified atom stereocenters. The standard InChI is InChI=1S/C19H23F3N2O.2ClH/c1-2-25-17-8-7-14-5-3-4-6-15(14)18(17)16(13-19(20,21)22)24-11-9-23-10-12-24;;/h3-8,16,23H,2,9-13H2,1H3;2*1H/t16-;;/m1../s1. The first-order valence-electron chi connectivity index (χ1n) is 8.65. The van der Waals surface area contributed by atoms with Crippen molar-refractivity contribution in [2.75, 3.05) is 32.8 Å². The Balaban J connectivity index is 0.00000182. The molecule has 1 aliphatic heterocycles. The fourth-order valence-corrected chi connectivity index (χ4v) is 3.53. The van der Waals surface area contributed by atoms with E-state index in [-0.39, 0.29) is 24.8 Å². The molecule has 0 amide bonds. The van der Waals surface area contributed by atoms with Gasteiger partial charge in [-0.05, 0) is 23.8 Å². The van der Waals surface area contributed by atoms with Crippen molar-refractivity contribution in [1.29, 1.82) is 0 Å². The van der Waals surface area contributed by atoms with Crippen molar-refractivity contribution in [3.63, 3.8) is 0 Å². The van der Waals surface area contributed by atoms with Crippen molar-refractivity contribution in [3.05, 3.63) is 42.0 Å². The zero-order valence-electron chi connectivity index (χ0n) is 15.1. The van der Waals surface area contributed by atoms with Gasteiger partial charge in [0.25, 0.3) is 0 Å². The Morgan fingerprint density at radius 1 is 1.07 bits per heavy atom. The average Bonchev–Trinajstić information content (AvgIpc) is 2.60. The lowest BCUT2D eigenvalue weighted by Gasteiger charge is -2.36. The molecule has 2 aromatic carbocycles. The molecular formula is C19H25Cl2F3N2O. The summed E-state index contributed by atoms with van der Waals surface area (Å²) in [4.78, 5) is 1.92. The molecule has 1 N–H and O–H groups in total. The monoisotopic (exact) mass is 424 g/mol. The normalized spacial score (nSPS) is 16.3. The van der Waals surface area contributed by atoms with E-state index in [2.05, 4.69) is 5.32 Å². The number of halogens is 5. The number of hydrogen-bond acceptors (Lipinski definition) is 3. The lowest BCUT2D eigenvalue weighted by molar-refractivity contribution is -0.148. The molecule has 1 fully saturated rings. The summed E-state index contributed by atoms with van der Waals surface area (Å²) in [6, 6.07) is 10.5. The van der Waals surface area contributed by atoms with Gasteiger partial charge in [-0.1, -0.05) is 30.3 Å². The summed E-state index contributed by atoms with van der Waals surface area (Å²) in [5.74, 6) is 0.550. The summed E-state index contributed by atoms with van der Waals surface area (Å²) >= 11 is 0. The van der Waals surface area contributed by atoms with Crippen LogP contribution in [0.25, 0.3) is 10.8 Å². The molecule has 1 atom stereocenters. The Morgan fingerprint density at radius 3 is 2.37 bits per heavy atom. The predicted molar refractivity (Wildman–Crippen MR) is 107 cm³/mol. The van der Waals surface area contributed by atoms with Crippen LogP contribution in [-0.2, 0) is 0 Å². The van der Waals surface area contributed by atoms with Crippen molar-refractivity contribution in [3.8, 4) is 5.75 Å². The highest BCUT2D eigenvalue weighted by atomic mass is 35.5. The summed E-state index contributed by atoms with van der Waals surface area (Å²) in [5.41, 5.74) is 0.652. The van der Waals surface area contributed by atoms with Crippen LogP contribution in [-0.4, -0.2) is 43.9 Å². The molecule has 1 heterocycles. The number of nitrogens with one attached hydrogen (secondary N) is 1. The number of benzene rings is 2. The van der Waals surface area contributed by atoms with Crippen molar-refractivity contribution < 1.29 is 17.9 Å². The van der Waals surface area contributed by atoms with E-state index in [1.807, 2.05) is 42.2 Å². The van der Waals surface area contributed by atoms with Gasteiger partial charge in [0.1, 0.15) is 5.75 Å². The highest BCUT2D eigenvalue weighted by Crippen LogP contribution is 2.41. The first-order chi connectivity index (χ1) is 12.0. The van der Waals surface area contributed by atoms with Gasteiger partial charge in [0, 0.05) is 37.8 Å². The smallest absolute Gasteiger partial charge is 0.390 e. The van der Waals surface area contributed by atoms with E-state index in [1.54, 1.807) is 6.07 Å². The topological polar surface area (TPSA) is 24.5 Å². The third-order valence-electron chi connectivity index (χ3n) is 4.58. The molecule has 8 heteroatoms. The summed E-state index contributed by atoms with van der Waals surface area (Å²) in [6.07, 6.45) is -5.11. The van der Waals surface area contributed by atoms with Crippen LogP contribution in [0.1, 0.15) is 24.9 Å². The molecule has 0 aliphatic carbocycles. The van der Waals surface area contributed by atoms with Gasteiger partial charge < -0.3 is 10.1 Å². The van der Waals surface area contributed by atoms with Crippen molar-refractivity contribution in [2.24, 2.45) is 0 Å². The number of piperazine rings is 1. The maximum absolute atomic E-state index is 13.4. The minimum atomic E-state index is -4.24. The molecular weight excluding hydrogens is 400 g/mol. The zero-order valence-corrected chi connectivity index (χ0v) is 16.7. The number of hydrogen-bond donors (Lipinski definition) is 1. The second kappa shape index (κ2) is 10.4. The third kappa shape index (κ3) is 5.88. The summed E-state index contributed by atoms with van der Waals surface area (Å²) < 4.78 is 45.9. The quantitative estimate of drug-likeness (QED) is 0.732. The number of fused-ring (bicyclic) bond motifs is 1. The van der Waals surface area contributed by atoms with E-state index in [0.717, 1.165) is 10.8 Å².